The zero-order chi connectivity index (χ0) is 21.3. The molecule has 0 saturated carbocycles. The SMILES string of the molecule is NC(=O)c1cn(OC(=O)c2cnc(Cc3cccc(F)c3)nc2)c2ccc(F)cc12. The van der Waals surface area contributed by atoms with E-state index in [-0.39, 0.29) is 22.3 Å². The molecule has 0 fully saturated rings. The van der Waals surface area contributed by atoms with Gasteiger partial charge in [-0.05, 0) is 35.9 Å². The molecule has 1 amide bonds. The highest BCUT2D eigenvalue weighted by Gasteiger charge is 2.18. The topological polar surface area (TPSA) is 100 Å². The van der Waals surface area contributed by atoms with E-state index in [0.29, 0.717) is 23.3 Å². The number of fused-ring (bicyclic) bond motifs is 1. The van der Waals surface area contributed by atoms with Gasteiger partial charge >= 0.3 is 5.97 Å². The van der Waals surface area contributed by atoms with Crippen molar-refractivity contribution in [1.82, 2.24) is 14.7 Å². The molecule has 0 spiro atoms. The maximum atomic E-state index is 13.5. The van der Waals surface area contributed by atoms with Crippen molar-refractivity contribution in [3.8, 4) is 0 Å². The van der Waals surface area contributed by atoms with E-state index >= 15 is 0 Å². The Kier molecular flexibility index (Phi) is 4.93. The lowest BCUT2D eigenvalue weighted by Gasteiger charge is -2.06. The van der Waals surface area contributed by atoms with Gasteiger partial charge in [-0.1, -0.05) is 12.1 Å². The molecule has 9 heteroatoms. The van der Waals surface area contributed by atoms with Gasteiger partial charge in [0.2, 0.25) is 0 Å². The van der Waals surface area contributed by atoms with Crippen LogP contribution >= 0.6 is 0 Å². The number of primary amides is 1. The van der Waals surface area contributed by atoms with Gasteiger partial charge in [0.25, 0.3) is 5.91 Å². The average Bonchev–Trinajstić information content (AvgIpc) is 3.06. The molecule has 0 bridgehead atoms. The minimum Gasteiger partial charge on any atom is -0.366 e. The Hall–Kier alpha value is -4.14. The number of halogens is 2. The van der Waals surface area contributed by atoms with Crippen LogP contribution < -0.4 is 10.6 Å². The first-order chi connectivity index (χ1) is 14.4. The molecule has 7 nitrogen and oxygen atoms in total. The molecule has 2 N–H and O–H groups in total. The lowest BCUT2D eigenvalue weighted by molar-refractivity contribution is 0.0480. The van der Waals surface area contributed by atoms with E-state index in [9.17, 15) is 18.4 Å². The Bertz CT molecular complexity index is 1270. The molecule has 2 heterocycles. The molecule has 2 aromatic carbocycles. The third-order valence-corrected chi connectivity index (χ3v) is 4.37. The number of carbonyl (C=O) groups excluding carboxylic acids is 2. The molecule has 0 aliphatic rings. The van der Waals surface area contributed by atoms with Crippen LogP contribution in [0.3, 0.4) is 0 Å². The first-order valence-electron chi connectivity index (χ1n) is 8.79. The summed E-state index contributed by atoms with van der Waals surface area (Å²) in [5.74, 6) is -2.09. The summed E-state index contributed by atoms with van der Waals surface area (Å²) in [7, 11) is 0. The largest absolute Gasteiger partial charge is 0.366 e. The third-order valence-electron chi connectivity index (χ3n) is 4.37. The fourth-order valence-corrected chi connectivity index (χ4v) is 2.97. The Balaban J connectivity index is 1.55. The normalized spacial score (nSPS) is 10.9. The molecule has 30 heavy (non-hydrogen) atoms. The van der Waals surface area contributed by atoms with E-state index in [1.807, 2.05) is 0 Å². The standard InChI is InChI=1S/C21H14F2N4O3/c22-14-3-1-2-12(6-14)7-19-25-9-13(10-26-19)21(29)30-27-11-17(20(24)28)16-8-15(23)4-5-18(16)27/h1-6,8-11H,7H2,(H2,24,28). The Morgan fingerprint density at radius 1 is 1.03 bits per heavy atom. The summed E-state index contributed by atoms with van der Waals surface area (Å²) in [6.07, 6.45) is 4.07. The van der Waals surface area contributed by atoms with Crippen LogP contribution in [0.25, 0.3) is 10.9 Å². The number of nitrogens with two attached hydrogens (primary N) is 1. The highest BCUT2D eigenvalue weighted by atomic mass is 19.1. The summed E-state index contributed by atoms with van der Waals surface area (Å²) in [5.41, 5.74) is 6.37. The fraction of sp³-hybridized carbons (Fsp3) is 0.0476. The van der Waals surface area contributed by atoms with Crippen molar-refractivity contribution >= 4 is 22.8 Å². The van der Waals surface area contributed by atoms with Crippen molar-refractivity contribution in [1.29, 1.82) is 0 Å². The smallest absolute Gasteiger partial charge is 0.366 e. The first kappa shape index (κ1) is 19.2. The Morgan fingerprint density at radius 3 is 2.47 bits per heavy atom. The number of aromatic nitrogens is 3. The van der Waals surface area contributed by atoms with Crippen molar-refractivity contribution in [2.24, 2.45) is 5.73 Å². The van der Waals surface area contributed by atoms with Gasteiger partial charge in [-0.15, -0.1) is 0 Å². The molecule has 0 aliphatic carbocycles. The molecular formula is C21H14F2N4O3. The minimum atomic E-state index is -0.787. The fourth-order valence-electron chi connectivity index (χ4n) is 2.97. The predicted octanol–water partition coefficient (Wildman–Crippen LogP) is 2.67. The van der Waals surface area contributed by atoms with Gasteiger partial charge < -0.3 is 10.6 Å². The summed E-state index contributed by atoms with van der Waals surface area (Å²) in [4.78, 5) is 37.6. The molecule has 150 valence electrons. The quantitative estimate of drug-likeness (QED) is 0.547. The summed E-state index contributed by atoms with van der Waals surface area (Å²) in [5, 5.41) is 0.219. The highest BCUT2D eigenvalue weighted by Crippen LogP contribution is 2.22. The van der Waals surface area contributed by atoms with Crippen molar-refractivity contribution in [3.63, 3.8) is 0 Å². The number of carbonyl (C=O) groups is 2. The van der Waals surface area contributed by atoms with Crippen LogP contribution in [0.4, 0.5) is 8.78 Å². The number of hydrogen-bond donors (Lipinski definition) is 1. The van der Waals surface area contributed by atoms with Crippen LogP contribution in [-0.4, -0.2) is 26.6 Å². The maximum Gasteiger partial charge on any atom is 0.366 e. The molecule has 4 aromatic rings. The average molecular weight is 408 g/mol. The Labute approximate surface area is 168 Å². The maximum absolute atomic E-state index is 13.5. The van der Waals surface area contributed by atoms with Gasteiger partial charge in [-0.25, -0.2) is 23.5 Å². The molecule has 2 aromatic heterocycles. The lowest BCUT2D eigenvalue weighted by Crippen LogP contribution is -2.20. The van der Waals surface area contributed by atoms with Gasteiger partial charge in [-0.3, -0.25) is 4.79 Å². The molecule has 0 radical (unpaired) electrons. The number of benzene rings is 2. The van der Waals surface area contributed by atoms with Crippen LogP contribution in [0.15, 0.2) is 61.1 Å². The second-order valence-corrected chi connectivity index (χ2v) is 6.47. The van der Waals surface area contributed by atoms with Crippen molar-refractivity contribution in [3.05, 3.63) is 95.2 Å². The van der Waals surface area contributed by atoms with Crippen LogP contribution in [0.5, 0.6) is 0 Å². The number of hydrogen-bond acceptors (Lipinski definition) is 5. The summed E-state index contributed by atoms with van der Waals surface area (Å²) in [6.45, 7) is 0. The minimum absolute atomic E-state index is 0.0130. The van der Waals surface area contributed by atoms with Gasteiger partial charge in [-0.2, -0.15) is 4.73 Å². The van der Waals surface area contributed by atoms with E-state index in [2.05, 4.69) is 9.97 Å². The van der Waals surface area contributed by atoms with Crippen molar-refractivity contribution in [2.75, 3.05) is 0 Å². The number of nitrogens with zero attached hydrogens (tertiary/aromatic N) is 3. The van der Waals surface area contributed by atoms with E-state index in [4.69, 9.17) is 10.6 Å². The van der Waals surface area contributed by atoms with E-state index in [1.165, 1.54) is 42.9 Å². The monoisotopic (exact) mass is 408 g/mol. The second kappa shape index (κ2) is 7.70. The van der Waals surface area contributed by atoms with Gasteiger partial charge in [0.15, 0.2) is 0 Å². The molecular weight excluding hydrogens is 394 g/mol. The summed E-state index contributed by atoms with van der Waals surface area (Å²) < 4.78 is 27.8. The van der Waals surface area contributed by atoms with E-state index < -0.39 is 17.7 Å². The van der Waals surface area contributed by atoms with Crippen molar-refractivity contribution in [2.45, 2.75) is 6.42 Å². The Morgan fingerprint density at radius 2 is 1.77 bits per heavy atom. The predicted molar refractivity (Wildman–Crippen MR) is 103 cm³/mol. The first-order valence-corrected chi connectivity index (χ1v) is 8.79. The summed E-state index contributed by atoms with van der Waals surface area (Å²) >= 11 is 0. The number of rotatable bonds is 5. The van der Waals surface area contributed by atoms with E-state index in [1.54, 1.807) is 12.1 Å². The third kappa shape index (κ3) is 3.86. The molecule has 4 rings (SSSR count). The van der Waals surface area contributed by atoms with Gasteiger partial charge in [0, 0.05) is 24.2 Å². The van der Waals surface area contributed by atoms with Gasteiger partial charge in [0.05, 0.1) is 22.8 Å². The summed E-state index contributed by atoms with van der Waals surface area (Å²) in [6, 6.07) is 9.71. The van der Waals surface area contributed by atoms with Crippen LogP contribution in [0.1, 0.15) is 32.1 Å². The van der Waals surface area contributed by atoms with Gasteiger partial charge in [0.1, 0.15) is 17.5 Å². The zero-order valence-electron chi connectivity index (χ0n) is 15.4. The highest BCUT2D eigenvalue weighted by molar-refractivity contribution is 6.06. The molecule has 0 saturated heterocycles. The molecule has 0 unspecified atom stereocenters. The van der Waals surface area contributed by atoms with Crippen molar-refractivity contribution < 1.29 is 23.2 Å². The van der Waals surface area contributed by atoms with Crippen LogP contribution in [0.2, 0.25) is 0 Å². The second-order valence-electron chi connectivity index (χ2n) is 6.47. The number of amides is 1. The zero-order valence-corrected chi connectivity index (χ0v) is 15.4. The molecule has 0 aliphatic heterocycles. The molecule has 0 atom stereocenters. The van der Waals surface area contributed by atoms with E-state index in [0.717, 1.165) is 10.8 Å². The van der Waals surface area contributed by atoms with Crippen LogP contribution in [0, 0.1) is 11.6 Å². The van der Waals surface area contributed by atoms with Crippen LogP contribution in [-0.2, 0) is 6.42 Å². The lowest BCUT2D eigenvalue weighted by atomic mass is 10.1.